The van der Waals surface area contributed by atoms with Gasteiger partial charge in [0.1, 0.15) is 5.82 Å². The van der Waals surface area contributed by atoms with Crippen molar-refractivity contribution in [1.82, 2.24) is 10.3 Å². The van der Waals surface area contributed by atoms with Gasteiger partial charge in [0.15, 0.2) is 0 Å². The zero-order chi connectivity index (χ0) is 12.1. The summed E-state index contributed by atoms with van der Waals surface area (Å²) in [6.45, 7) is 0. The van der Waals surface area contributed by atoms with E-state index in [0.29, 0.717) is 11.6 Å². The van der Waals surface area contributed by atoms with Gasteiger partial charge < -0.3 is 10.6 Å². The smallest absolute Gasteiger partial charge is 0.251 e. The summed E-state index contributed by atoms with van der Waals surface area (Å²) in [5, 5.41) is 6.01. The maximum atomic E-state index is 12.0. The molecule has 4 nitrogen and oxygen atoms in total. The van der Waals surface area contributed by atoms with E-state index in [1.54, 1.807) is 25.4 Å². The fraction of sp³-hybridized carbons (Fsp3) is 0.500. The Morgan fingerprint density at radius 1 is 1.47 bits per heavy atom. The van der Waals surface area contributed by atoms with Gasteiger partial charge in [-0.05, 0) is 36.5 Å². The van der Waals surface area contributed by atoms with E-state index in [-0.39, 0.29) is 5.91 Å². The molecule has 1 saturated heterocycles. The van der Waals surface area contributed by atoms with Crippen LogP contribution in [0.2, 0.25) is 0 Å². The number of hydrogen-bond donors (Lipinski definition) is 2. The van der Waals surface area contributed by atoms with Crippen LogP contribution < -0.4 is 10.6 Å². The molecule has 2 heterocycles. The quantitative estimate of drug-likeness (QED) is 0.859. The second-order valence-electron chi connectivity index (χ2n) is 4.04. The van der Waals surface area contributed by atoms with Crippen LogP contribution in [0.5, 0.6) is 0 Å². The molecule has 1 fully saturated rings. The van der Waals surface area contributed by atoms with Gasteiger partial charge >= 0.3 is 0 Å². The van der Waals surface area contributed by atoms with Gasteiger partial charge in [-0.1, -0.05) is 0 Å². The lowest BCUT2D eigenvalue weighted by atomic mass is 10.1. The second kappa shape index (κ2) is 5.91. The number of hydrogen-bond acceptors (Lipinski definition) is 4. The van der Waals surface area contributed by atoms with Gasteiger partial charge in [-0.15, -0.1) is 0 Å². The summed E-state index contributed by atoms with van der Waals surface area (Å²) < 4.78 is 0. The summed E-state index contributed by atoms with van der Waals surface area (Å²) in [7, 11) is 1.79. The molecule has 0 atom stereocenters. The first-order valence-electron chi connectivity index (χ1n) is 5.82. The minimum absolute atomic E-state index is 0.000741. The van der Waals surface area contributed by atoms with Crippen molar-refractivity contribution in [2.45, 2.75) is 18.9 Å². The summed E-state index contributed by atoms with van der Waals surface area (Å²) in [6, 6.07) is 3.84. The van der Waals surface area contributed by atoms with Crippen LogP contribution in [0.15, 0.2) is 18.3 Å². The van der Waals surface area contributed by atoms with Crippen LogP contribution in [-0.2, 0) is 0 Å². The van der Waals surface area contributed by atoms with E-state index >= 15 is 0 Å². The van der Waals surface area contributed by atoms with E-state index in [2.05, 4.69) is 15.6 Å². The first-order valence-corrected chi connectivity index (χ1v) is 6.97. The van der Waals surface area contributed by atoms with Crippen LogP contribution in [-0.4, -0.2) is 35.5 Å². The molecule has 0 bridgehead atoms. The number of rotatable bonds is 3. The Morgan fingerprint density at radius 2 is 2.24 bits per heavy atom. The first kappa shape index (κ1) is 12.2. The molecule has 1 amide bonds. The summed E-state index contributed by atoms with van der Waals surface area (Å²) in [4.78, 5) is 16.1. The van der Waals surface area contributed by atoms with Gasteiger partial charge in [0.2, 0.25) is 0 Å². The molecule has 0 aliphatic carbocycles. The van der Waals surface area contributed by atoms with E-state index in [0.717, 1.165) is 30.2 Å². The Hall–Kier alpha value is -1.23. The molecule has 0 spiro atoms. The molecule has 0 aromatic carbocycles. The number of thioether (sulfide) groups is 1. The van der Waals surface area contributed by atoms with Crippen LogP contribution in [0.3, 0.4) is 0 Å². The SMILES string of the molecule is CNc1cc(C(=O)NC2CCSCC2)ccn1. The zero-order valence-corrected chi connectivity index (χ0v) is 10.7. The minimum atomic E-state index is 0.000741. The van der Waals surface area contributed by atoms with Crippen molar-refractivity contribution in [1.29, 1.82) is 0 Å². The molecular formula is C12H17N3OS. The Bertz CT molecular complexity index is 391. The number of amides is 1. The summed E-state index contributed by atoms with van der Waals surface area (Å²) >= 11 is 1.96. The second-order valence-corrected chi connectivity index (χ2v) is 5.26. The van der Waals surface area contributed by atoms with Crippen molar-refractivity contribution in [3.63, 3.8) is 0 Å². The van der Waals surface area contributed by atoms with Crippen molar-refractivity contribution in [3.05, 3.63) is 23.9 Å². The minimum Gasteiger partial charge on any atom is -0.373 e. The standard InChI is InChI=1S/C12H17N3OS/c1-13-11-8-9(2-5-14-11)12(16)15-10-3-6-17-7-4-10/h2,5,8,10H,3-4,6-7H2,1H3,(H,13,14)(H,15,16). The molecule has 1 aromatic rings. The fourth-order valence-electron chi connectivity index (χ4n) is 1.82. The van der Waals surface area contributed by atoms with Gasteiger partial charge in [0.05, 0.1) is 0 Å². The molecule has 0 unspecified atom stereocenters. The normalized spacial score (nSPS) is 16.5. The van der Waals surface area contributed by atoms with Crippen LogP contribution in [0, 0.1) is 0 Å². The number of carbonyl (C=O) groups excluding carboxylic acids is 1. The third-order valence-electron chi connectivity index (χ3n) is 2.83. The molecular weight excluding hydrogens is 234 g/mol. The number of nitrogens with one attached hydrogen (secondary N) is 2. The van der Waals surface area contributed by atoms with Gasteiger partial charge in [0.25, 0.3) is 5.91 Å². The van der Waals surface area contributed by atoms with Crippen molar-refractivity contribution in [2.75, 3.05) is 23.9 Å². The van der Waals surface area contributed by atoms with Gasteiger partial charge in [-0.2, -0.15) is 11.8 Å². The van der Waals surface area contributed by atoms with Crippen LogP contribution in [0.1, 0.15) is 23.2 Å². The van der Waals surface area contributed by atoms with Crippen molar-refractivity contribution >= 4 is 23.5 Å². The monoisotopic (exact) mass is 251 g/mol. The highest BCUT2D eigenvalue weighted by molar-refractivity contribution is 7.99. The Balaban J connectivity index is 1.98. The predicted octanol–water partition coefficient (Wildman–Crippen LogP) is 1.75. The molecule has 92 valence electrons. The highest BCUT2D eigenvalue weighted by Crippen LogP contribution is 2.17. The van der Waals surface area contributed by atoms with E-state index in [1.165, 1.54) is 0 Å². The average molecular weight is 251 g/mol. The number of carbonyl (C=O) groups is 1. The predicted molar refractivity (Wildman–Crippen MR) is 71.6 cm³/mol. The number of nitrogens with zero attached hydrogens (tertiary/aromatic N) is 1. The highest BCUT2D eigenvalue weighted by Gasteiger charge is 2.16. The molecule has 2 rings (SSSR count). The first-order chi connectivity index (χ1) is 8.29. The number of pyridine rings is 1. The topological polar surface area (TPSA) is 54.0 Å². The third kappa shape index (κ3) is 3.36. The molecule has 1 aliphatic heterocycles. The molecule has 1 aromatic heterocycles. The fourth-order valence-corrected chi connectivity index (χ4v) is 2.93. The van der Waals surface area contributed by atoms with E-state index < -0.39 is 0 Å². The Kier molecular flexibility index (Phi) is 4.25. The van der Waals surface area contributed by atoms with Crippen LogP contribution in [0.25, 0.3) is 0 Å². The maximum Gasteiger partial charge on any atom is 0.251 e. The highest BCUT2D eigenvalue weighted by atomic mass is 32.2. The molecule has 5 heteroatoms. The lowest BCUT2D eigenvalue weighted by Crippen LogP contribution is -2.37. The van der Waals surface area contributed by atoms with Gasteiger partial charge in [-0.25, -0.2) is 4.98 Å². The average Bonchev–Trinajstić information content (AvgIpc) is 2.40. The molecule has 17 heavy (non-hydrogen) atoms. The summed E-state index contributed by atoms with van der Waals surface area (Å²) in [6.07, 6.45) is 3.79. The van der Waals surface area contributed by atoms with Gasteiger partial charge in [-0.3, -0.25) is 4.79 Å². The molecule has 0 saturated carbocycles. The van der Waals surface area contributed by atoms with E-state index in [1.807, 2.05) is 11.8 Å². The Morgan fingerprint density at radius 3 is 2.94 bits per heavy atom. The Labute approximate surface area is 106 Å². The third-order valence-corrected chi connectivity index (χ3v) is 3.88. The van der Waals surface area contributed by atoms with E-state index in [9.17, 15) is 4.79 Å². The molecule has 0 radical (unpaired) electrons. The molecule has 2 N–H and O–H groups in total. The van der Waals surface area contributed by atoms with E-state index in [4.69, 9.17) is 0 Å². The largest absolute Gasteiger partial charge is 0.373 e. The maximum absolute atomic E-state index is 12.0. The van der Waals surface area contributed by atoms with Crippen LogP contribution >= 0.6 is 11.8 Å². The van der Waals surface area contributed by atoms with Crippen molar-refractivity contribution in [3.8, 4) is 0 Å². The zero-order valence-electron chi connectivity index (χ0n) is 9.90. The summed E-state index contributed by atoms with van der Waals surface area (Å²) in [5.74, 6) is 3.00. The lowest BCUT2D eigenvalue weighted by molar-refractivity contribution is 0.0935. The van der Waals surface area contributed by atoms with Crippen molar-refractivity contribution in [2.24, 2.45) is 0 Å². The van der Waals surface area contributed by atoms with Gasteiger partial charge in [0, 0.05) is 24.8 Å². The lowest BCUT2D eigenvalue weighted by Gasteiger charge is -2.22. The molecule has 1 aliphatic rings. The van der Waals surface area contributed by atoms with Crippen molar-refractivity contribution < 1.29 is 4.79 Å². The van der Waals surface area contributed by atoms with Crippen LogP contribution in [0.4, 0.5) is 5.82 Å². The summed E-state index contributed by atoms with van der Waals surface area (Å²) in [5.41, 5.74) is 0.669. The number of anilines is 1. The number of aromatic nitrogens is 1.